The van der Waals surface area contributed by atoms with Crippen LogP contribution in [0.2, 0.25) is 5.02 Å². The number of nitrogens with zero attached hydrogens (tertiary/aromatic N) is 8. The molecular formula is C29H28ClFN9O2Si. The predicted octanol–water partition coefficient (Wildman–Crippen LogP) is 3.72. The van der Waals surface area contributed by atoms with Crippen LogP contribution in [0.5, 0.6) is 5.88 Å². The molecule has 219 valence electrons. The first-order valence-electron chi connectivity index (χ1n) is 14.2. The molecule has 2 saturated heterocycles. The number of pyridine rings is 2. The molecule has 6 heterocycles. The summed E-state index contributed by atoms with van der Waals surface area (Å²) >= 11 is 5.89. The number of rotatable bonds is 9. The lowest BCUT2D eigenvalue weighted by Crippen LogP contribution is -2.48. The maximum atomic E-state index is 14.3. The van der Waals surface area contributed by atoms with Crippen LogP contribution in [0.25, 0.3) is 22.6 Å². The fourth-order valence-corrected chi connectivity index (χ4v) is 6.05. The van der Waals surface area contributed by atoms with E-state index in [1.807, 2.05) is 30.5 Å². The summed E-state index contributed by atoms with van der Waals surface area (Å²) in [5.41, 5.74) is 3.65. The molecule has 2 aliphatic rings. The topological polar surface area (TPSA) is 120 Å². The Labute approximate surface area is 255 Å². The molecule has 43 heavy (non-hydrogen) atoms. The second-order valence-electron chi connectivity index (χ2n) is 11.0. The van der Waals surface area contributed by atoms with E-state index in [0.717, 1.165) is 61.5 Å². The Morgan fingerprint density at radius 1 is 1.16 bits per heavy atom. The third-order valence-corrected chi connectivity index (χ3v) is 8.73. The van der Waals surface area contributed by atoms with Crippen LogP contribution in [-0.2, 0) is 24.2 Å². The lowest BCUT2D eigenvalue weighted by atomic mass is 10.1. The van der Waals surface area contributed by atoms with Crippen LogP contribution in [0.3, 0.4) is 0 Å². The van der Waals surface area contributed by atoms with Crippen molar-refractivity contribution in [2.24, 2.45) is 0 Å². The standard InChI is InChI=1S/C29H28ClFN9O2Si/c30-19-5-4-18(22(31)13-19)12-20-2-1-3-27(33-20)42-21-6-9-39(10-7-21)16-26-34-23-14-24(28-35-37-38-36-28)32-15-25(23)40(26)17-29(43)8-11-41-29/h1-5,13-15,21H,6-12,16-17H2,(H,35,36,37,38)/t29-/m1/s1. The van der Waals surface area contributed by atoms with E-state index in [2.05, 4.69) is 50.3 Å². The van der Waals surface area contributed by atoms with Gasteiger partial charge in [-0.15, -0.1) is 10.2 Å². The summed E-state index contributed by atoms with van der Waals surface area (Å²) in [7, 11) is 3.83. The maximum Gasteiger partial charge on any atom is 0.223 e. The summed E-state index contributed by atoms with van der Waals surface area (Å²) in [6.07, 6.45) is 4.85. The van der Waals surface area contributed by atoms with E-state index in [9.17, 15) is 4.39 Å². The average Bonchev–Trinajstić information content (AvgIpc) is 3.63. The molecule has 0 spiro atoms. The zero-order valence-corrected chi connectivity index (χ0v) is 25.0. The number of benzene rings is 1. The van der Waals surface area contributed by atoms with E-state index < -0.39 is 5.22 Å². The molecule has 5 aromatic rings. The molecule has 1 N–H and O–H groups in total. The molecule has 1 atom stereocenters. The van der Waals surface area contributed by atoms with Crippen molar-refractivity contribution in [1.82, 2.24) is 45.0 Å². The van der Waals surface area contributed by atoms with E-state index in [1.165, 1.54) is 6.07 Å². The molecule has 7 rings (SSSR count). The van der Waals surface area contributed by atoms with Crippen molar-refractivity contribution in [3.8, 4) is 17.4 Å². The number of halogens is 2. The van der Waals surface area contributed by atoms with Gasteiger partial charge in [-0.3, -0.25) is 9.88 Å². The number of hydrogen-bond acceptors (Lipinski definition) is 9. The molecule has 3 radical (unpaired) electrons. The molecular weight excluding hydrogens is 589 g/mol. The fourth-order valence-electron chi connectivity index (χ4n) is 5.53. The normalized spacial score (nSPS) is 19.5. The van der Waals surface area contributed by atoms with Gasteiger partial charge in [0.2, 0.25) is 11.7 Å². The molecule has 2 fully saturated rings. The Morgan fingerprint density at radius 3 is 2.77 bits per heavy atom. The van der Waals surface area contributed by atoms with Crippen molar-refractivity contribution >= 4 is 32.9 Å². The molecule has 4 aromatic heterocycles. The zero-order valence-electron chi connectivity index (χ0n) is 23.2. The van der Waals surface area contributed by atoms with Crippen molar-refractivity contribution < 1.29 is 13.9 Å². The largest absolute Gasteiger partial charge is 0.474 e. The third-order valence-electron chi connectivity index (χ3n) is 7.94. The minimum absolute atomic E-state index is 0.0423. The third kappa shape index (κ3) is 6.16. The van der Waals surface area contributed by atoms with E-state index >= 15 is 0 Å². The molecule has 11 nitrogen and oxygen atoms in total. The predicted molar refractivity (Wildman–Crippen MR) is 157 cm³/mol. The highest BCUT2D eigenvalue weighted by molar-refractivity contribution is 6.30. The molecule has 1 aromatic carbocycles. The van der Waals surface area contributed by atoms with E-state index in [-0.39, 0.29) is 11.9 Å². The van der Waals surface area contributed by atoms with Gasteiger partial charge in [-0.1, -0.05) is 23.7 Å². The number of imidazole rings is 1. The number of fused-ring (bicyclic) bond motifs is 1. The summed E-state index contributed by atoms with van der Waals surface area (Å²) in [5, 5.41) is 14.2. The Balaban J connectivity index is 1.02. The summed E-state index contributed by atoms with van der Waals surface area (Å²) < 4.78 is 28.6. The van der Waals surface area contributed by atoms with Gasteiger partial charge in [0.05, 0.1) is 39.2 Å². The minimum Gasteiger partial charge on any atom is -0.474 e. The number of piperidine rings is 1. The number of ether oxygens (including phenoxy) is 2. The quantitative estimate of drug-likeness (QED) is 0.247. The Morgan fingerprint density at radius 2 is 2.02 bits per heavy atom. The summed E-state index contributed by atoms with van der Waals surface area (Å²) in [6, 6.07) is 12.2. The van der Waals surface area contributed by atoms with Crippen LogP contribution in [0.4, 0.5) is 4.39 Å². The van der Waals surface area contributed by atoms with Gasteiger partial charge >= 0.3 is 0 Å². The maximum absolute atomic E-state index is 14.3. The van der Waals surface area contributed by atoms with Crippen LogP contribution >= 0.6 is 11.6 Å². The fraction of sp³-hybridized carbons (Fsp3) is 0.379. The SMILES string of the molecule is Fc1cc(Cl)ccc1Cc1cccc(OC2CCN(Cc3nc4cc(-c5nn[nH]n5)ncc4n3C[C@]3([Si])CCO3)CC2)n1. The summed E-state index contributed by atoms with van der Waals surface area (Å²) in [6.45, 7) is 3.74. The van der Waals surface area contributed by atoms with Gasteiger partial charge in [-0.2, -0.15) is 5.21 Å². The van der Waals surface area contributed by atoms with Crippen molar-refractivity contribution in [2.75, 3.05) is 19.7 Å². The van der Waals surface area contributed by atoms with Crippen molar-refractivity contribution in [1.29, 1.82) is 0 Å². The van der Waals surface area contributed by atoms with Gasteiger partial charge in [0.15, 0.2) is 0 Å². The Bertz CT molecular complexity index is 1740. The number of nitrogens with one attached hydrogen (secondary N) is 1. The zero-order chi connectivity index (χ0) is 29.4. The van der Waals surface area contributed by atoms with Crippen molar-refractivity contribution in [3.63, 3.8) is 0 Å². The highest BCUT2D eigenvalue weighted by Crippen LogP contribution is 2.29. The number of H-pyrrole nitrogens is 1. The van der Waals surface area contributed by atoms with Gasteiger partial charge in [-0.05, 0) is 54.3 Å². The summed E-state index contributed by atoms with van der Waals surface area (Å²) in [5.74, 6) is 1.59. The van der Waals surface area contributed by atoms with E-state index in [0.29, 0.717) is 47.5 Å². The van der Waals surface area contributed by atoms with Crippen LogP contribution < -0.4 is 4.74 Å². The Hall–Kier alpha value is -3.78. The van der Waals surface area contributed by atoms with Crippen LogP contribution in [0.15, 0.2) is 48.7 Å². The second-order valence-corrected chi connectivity index (χ2v) is 12.3. The lowest BCUT2D eigenvalue weighted by Gasteiger charge is -2.39. The number of aromatic nitrogens is 8. The first-order valence-corrected chi connectivity index (χ1v) is 15.1. The van der Waals surface area contributed by atoms with Gasteiger partial charge in [0.1, 0.15) is 23.4 Å². The smallest absolute Gasteiger partial charge is 0.223 e. The highest BCUT2D eigenvalue weighted by Gasteiger charge is 2.35. The van der Waals surface area contributed by atoms with Gasteiger partial charge < -0.3 is 14.0 Å². The molecule has 14 heteroatoms. The first kappa shape index (κ1) is 28.0. The first-order chi connectivity index (χ1) is 20.9. The van der Waals surface area contributed by atoms with Crippen molar-refractivity contribution in [2.45, 2.75) is 50.1 Å². The average molecular weight is 617 g/mol. The van der Waals surface area contributed by atoms with Crippen LogP contribution in [-0.4, -0.2) is 86.3 Å². The molecule has 0 amide bonds. The monoisotopic (exact) mass is 616 g/mol. The molecule has 0 bridgehead atoms. The van der Waals surface area contributed by atoms with Crippen LogP contribution in [0, 0.1) is 5.82 Å². The van der Waals surface area contributed by atoms with Gasteiger partial charge in [-0.25, -0.2) is 14.4 Å². The number of tetrazole rings is 1. The summed E-state index contributed by atoms with van der Waals surface area (Å²) in [4.78, 5) is 16.6. The second kappa shape index (κ2) is 11.7. The minimum atomic E-state index is -0.406. The van der Waals surface area contributed by atoms with Crippen LogP contribution in [0.1, 0.15) is 36.3 Å². The van der Waals surface area contributed by atoms with Gasteiger partial charge in [0, 0.05) is 49.4 Å². The molecule has 0 saturated carbocycles. The Kier molecular flexibility index (Phi) is 7.63. The van der Waals surface area contributed by atoms with E-state index in [1.54, 1.807) is 12.1 Å². The van der Waals surface area contributed by atoms with Crippen molar-refractivity contribution in [3.05, 3.63) is 76.6 Å². The van der Waals surface area contributed by atoms with E-state index in [4.69, 9.17) is 26.1 Å². The van der Waals surface area contributed by atoms with Gasteiger partial charge in [0.25, 0.3) is 0 Å². The lowest BCUT2D eigenvalue weighted by molar-refractivity contribution is -0.0947. The molecule has 0 aliphatic carbocycles. The number of hydrogen-bond donors (Lipinski definition) is 1. The number of aromatic amines is 1. The highest BCUT2D eigenvalue weighted by atomic mass is 35.5. The molecule has 0 unspecified atom stereocenters. The molecule has 2 aliphatic heterocycles. The number of likely N-dealkylation sites (tertiary alicyclic amines) is 1.